The van der Waals surface area contributed by atoms with Crippen LogP contribution in [-0.2, 0) is 11.3 Å². The summed E-state index contributed by atoms with van der Waals surface area (Å²) in [7, 11) is 0. The summed E-state index contributed by atoms with van der Waals surface area (Å²) in [4.78, 5) is 17.7. The Morgan fingerprint density at radius 2 is 2.22 bits per heavy atom. The van der Waals surface area contributed by atoms with Gasteiger partial charge in [0, 0.05) is 24.0 Å². The molecule has 0 radical (unpaired) electrons. The molecule has 2 heterocycles. The summed E-state index contributed by atoms with van der Waals surface area (Å²) in [5.41, 5.74) is 0. The fourth-order valence-electron chi connectivity index (χ4n) is 2.25. The van der Waals surface area contributed by atoms with Gasteiger partial charge in [0.15, 0.2) is 0 Å². The highest BCUT2D eigenvalue weighted by Crippen LogP contribution is 2.30. The molecular weight excluding hydrogens is 248 g/mol. The number of urea groups is 1. The highest BCUT2D eigenvalue weighted by Gasteiger charge is 2.35. The van der Waals surface area contributed by atoms with E-state index < -0.39 is 0 Å². The standard InChI is InChI=1S/C13H18N2O2S/c16-13(14-5-7-17-8-6-14)15(11-3-4-11)10-12-2-1-9-18-12/h1-2,9,11H,3-8,10H2. The lowest BCUT2D eigenvalue weighted by atomic mass is 10.4. The molecule has 1 aromatic heterocycles. The Hall–Kier alpha value is -1.07. The lowest BCUT2D eigenvalue weighted by molar-refractivity contribution is 0.0419. The number of thiophene rings is 1. The van der Waals surface area contributed by atoms with Crippen molar-refractivity contribution < 1.29 is 9.53 Å². The Balaban J connectivity index is 1.66. The summed E-state index contributed by atoms with van der Waals surface area (Å²) in [5.74, 6) is 0. The smallest absolute Gasteiger partial charge is 0.320 e. The first-order chi connectivity index (χ1) is 8.84. The van der Waals surface area contributed by atoms with E-state index in [1.807, 2.05) is 15.9 Å². The lowest BCUT2D eigenvalue weighted by Crippen LogP contribution is -2.48. The second kappa shape index (κ2) is 5.28. The minimum absolute atomic E-state index is 0.189. The van der Waals surface area contributed by atoms with Gasteiger partial charge in [0.1, 0.15) is 0 Å². The van der Waals surface area contributed by atoms with Crippen molar-refractivity contribution in [2.45, 2.75) is 25.4 Å². The van der Waals surface area contributed by atoms with Crippen LogP contribution in [0.25, 0.3) is 0 Å². The lowest BCUT2D eigenvalue weighted by Gasteiger charge is -2.33. The van der Waals surface area contributed by atoms with E-state index in [1.54, 1.807) is 11.3 Å². The fourth-order valence-corrected chi connectivity index (χ4v) is 2.95. The van der Waals surface area contributed by atoms with Gasteiger partial charge in [-0.1, -0.05) is 6.07 Å². The first-order valence-corrected chi connectivity index (χ1v) is 7.38. The molecule has 4 nitrogen and oxygen atoms in total. The molecule has 3 rings (SSSR count). The normalized spacial score (nSPS) is 19.9. The topological polar surface area (TPSA) is 32.8 Å². The number of carbonyl (C=O) groups is 1. The first-order valence-electron chi connectivity index (χ1n) is 6.50. The number of hydrogen-bond acceptors (Lipinski definition) is 3. The molecule has 1 aliphatic carbocycles. The molecule has 0 spiro atoms. The molecule has 0 aromatic carbocycles. The molecule has 18 heavy (non-hydrogen) atoms. The third kappa shape index (κ3) is 2.67. The molecular formula is C13H18N2O2S. The zero-order valence-corrected chi connectivity index (χ0v) is 11.2. The predicted molar refractivity (Wildman–Crippen MR) is 70.7 cm³/mol. The zero-order chi connectivity index (χ0) is 12.4. The number of morpholine rings is 1. The molecule has 98 valence electrons. The van der Waals surface area contributed by atoms with Crippen LogP contribution in [0.1, 0.15) is 17.7 Å². The monoisotopic (exact) mass is 266 g/mol. The number of carbonyl (C=O) groups excluding carboxylic acids is 1. The third-order valence-corrected chi connectivity index (χ3v) is 4.28. The van der Waals surface area contributed by atoms with Crippen LogP contribution in [0.2, 0.25) is 0 Å². The third-order valence-electron chi connectivity index (χ3n) is 3.42. The summed E-state index contributed by atoms with van der Waals surface area (Å²) >= 11 is 1.72. The molecule has 1 saturated carbocycles. The Morgan fingerprint density at radius 3 is 2.83 bits per heavy atom. The van der Waals surface area contributed by atoms with Crippen LogP contribution >= 0.6 is 11.3 Å². The average molecular weight is 266 g/mol. The van der Waals surface area contributed by atoms with Crippen LogP contribution in [0.3, 0.4) is 0 Å². The van der Waals surface area contributed by atoms with E-state index in [2.05, 4.69) is 11.4 Å². The van der Waals surface area contributed by atoms with Crippen LogP contribution in [0.15, 0.2) is 17.5 Å². The van der Waals surface area contributed by atoms with Gasteiger partial charge in [0.2, 0.25) is 0 Å². The molecule has 0 bridgehead atoms. The van der Waals surface area contributed by atoms with Crippen LogP contribution in [0.4, 0.5) is 4.79 Å². The van der Waals surface area contributed by atoms with Crippen LogP contribution in [0.5, 0.6) is 0 Å². The van der Waals surface area contributed by atoms with E-state index in [9.17, 15) is 4.79 Å². The van der Waals surface area contributed by atoms with E-state index in [0.717, 1.165) is 32.5 Å². The second-order valence-electron chi connectivity index (χ2n) is 4.82. The molecule has 0 atom stereocenters. The number of nitrogens with zero attached hydrogens (tertiary/aromatic N) is 2. The zero-order valence-electron chi connectivity index (χ0n) is 10.4. The Labute approximate surface area is 111 Å². The van der Waals surface area contributed by atoms with Crippen molar-refractivity contribution >= 4 is 17.4 Å². The molecule has 1 saturated heterocycles. The van der Waals surface area contributed by atoms with Crippen molar-refractivity contribution in [3.05, 3.63) is 22.4 Å². The van der Waals surface area contributed by atoms with Gasteiger partial charge in [0.05, 0.1) is 19.8 Å². The summed E-state index contributed by atoms with van der Waals surface area (Å²) < 4.78 is 5.30. The summed E-state index contributed by atoms with van der Waals surface area (Å²) in [6, 6.07) is 4.80. The number of rotatable bonds is 3. The Kier molecular flexibility index (Phi) is 3.52. The Bertz CT molecular complexity index is 397. The van der Waals surface area contributed by atoms with E-state index in [4.69, 9.17) is 4.74 Å². The van der Waals surface area contributed by atoms with Crippen molar-refractivity contribution in [1.29, 1.82) is 0 Å². The summed E-state index contributed by atoms with van der Waals surface area (Å²) in [5, 5.41) is 2.07. The molecule has 0 N–H and O–H groups in total. The van der Waals surface area contributed by atoms with Gasteiger partial charge in [-0.3, -0.25) is 0 Å². The average Bonchev–Trinajstić information content (AvgIpc) is 3.13. The number of hydrogen-bond donors (Lipinski definition) is 0. The summed E-state index contributed by atoms with van der Waals surface area (Å²) in [6.45, 7) is 3.56. The van der Waals surface area contributed by atoms with Crippen molar-refractivity contribution in [3.8, 4) is 0 Å². The summed E-state index contributed by atoms with van der Waals surface area (Å²) in [6.07, 6.45) is 2.31. The van der Waals surface area contributed by atoms with Crippen molar-refractivity contribution in [1.82, 2.24) is 9.80 Å². The quantitative estimate of drug-likeness (QED) is 0.840. The number of ether oxygens (including phenoxy) is 1. The molecule has 1 aromatic rings. The molecule has 1 aliphatic heterocycles. The van der Waals surface area contributed by atoms with Gasteiger partial charge < -0.3 is 14.5 Å². The van der Waals surface area contributed by atoms with Crippen molar-refractivity contribution in [2.24, 2.45) is 0 Å². The van der Waals surface area contributed by atoms with Crippen molar-refractivity contribution in [2.75, 3.05) is 26.3 Å². The van der Waals surface area contributed by atoms with Crippen LogP contribution in [-0.4, -0.2) is 48.2 Å². The minimum atomic E-state index is 0.189. The van der Waals surface area contributed by atoms with Gasteiger partial charge >= 0.3 is 6.03 Å². The molecule has 2 fully saturated rings. The predicted octanol–water partition coefficient (Wildman–Crippen LogP) is 2.16. The second-order valence-corrected chi connectivity index (χ2v) is 5.85. The molecule has 2 aliphatic rings. The SMILES string of the molecule is O=C(N1CCOCC1)N(Cc1cccs1)C1CC1. The maximum atomic E-state index is 12.5. The largest absolute Gasteiger partial charge is 0.378 e. The van der Waals surface area contributed by atoms with E-state index in [1.165, 1.54) is 4.88 Å². The van der Waals surface area contributed by atoms with E-state index in [-0.39, 0.29) is 6.03 Å². The van der Waals surface area contributed by atoms with Gasteiger partial charge in [-0.05, 0) is 24.3 Å². The van der Waals surface area contributed by atoms with Gasteiger partial charge in [-0.25, -0.2) is 4.79 Å². The van der Waals surface area contributed by atoms with Crippen LogP contribution < -0.4 is 0 Å². The Morgan fingerprint density at radius 1 is 1.44 bits per heavy atom. The number of amides is 2. The van der Waals surface area contributed by atoms with Gasteiger partial charge in [-0.2, -0.15) is 0 Å². The molecule has 0 unspecified atom stereocenters. The van der Waals surface area contributed by atoms with Gasteiger partial charge in [0.25, 0.3) is 0 Å². The maximum Gasteiger partial charge on any atom is 0.320 e. The van der Waals surface area contributed by atoms with Crippen LogP contribution in [0, 0.1) is 0 Å². The fraction of sp³-hybridized carbons (Fsp3) is 0.615. The molecule has 5 heteroatoms. The maximum absolute atomic E-state index is 12.5. The van der Waals surface area contributed by atoms with Crippen molar-refractivity contribution in [3.63, 3.8) is 0 Å². The highest BCUT2D eigenvalue weighted by atomic mass is 32.1. The first kappa shape index (κ1) is 12.0. The molecule has 2 amide bonds. The van der Waals surface area contributed by atoms with E-state index >= 15 is 0 Å². The van der Waals surface area contributed by atoms with E-state index in [0.29, 0.717) is 19.3 Å². The highest BCUT2D eigenvalue weighted by molar-refractivity contribution is 7.09. The van der Waals surface area contributed by atoms with Gasteiger partial charge in [-0.15, -0.1) is 11.3 Å². The minimum Gasteiger partial charge on any atom is -0.378 e.